The zero-order valence-corrected chi connectivity index (χ0v) is 14.9. The van der Waals surface area contributed by atoms with E-state index in [0.717, 1.165) is 35.6 Å². The molecule has 0 spiro atoms. The summed E-state index contributed by atoms with van der Waals surface area (Å²) in [5.74, 6) is 7.22. The summed E-state index contributed by atoms with van der Waals surface area (Å²) in [4.78, 5) is 0. The maximum Gasteiger partial charge on any atom is 0.143 e. The van der Waals surface area contributed by atoms with Gasteiger partial charge >= 0.3 is 0 Å². The Morgan fingerprint density at radius 1 is 1.25 bits per heavy atom. The van der Waals surface area contributed by atoms with E-state index in [1.807, 2.05) is 44.2 Å². The van der Waals surface area contributed by atoms with E-state index in [0.29, 0.717) is 17.7 Å². The molecule has 0 saturated carbocycles. The summed E-state index contributed by atoms with van der Waals surface area (Å²) in [7, 11) is 0. The van der Waals surface area contributed by atoms with E-state index in [2.05, 4.69) is 25.3 Å². The number of hydrogen-bond donors (Lipinski definition) is 1. The van der Waals surface area contributed by atoms with Crippen molar-refractivity contribution >= 4 is 10.8 Å². The van der Waals surface area contributed by atoms with Gasteiger partial charge in [-0.1, -0.05) is 55.5 Å². The van der Waals surface area contributed by atoms with Gasteiger partial charge in [-0.3, -0.25) is 0 Å². The molecular weight excluding hydrogens is 296 g/mol. The van der Waals surface area contributed by atoms with Crippen LogP contribution in [0, 0.1) is 11.8 Å². The number of unbranched alkanes of at least 4 members (excludes halogenated alkanes) is 2. The number of ether oxygens (including phenoxy) is 1. The highest BCUT2D eigenvalue weighted by Gasteiger charge is 2.19. The van der Waals surface area contributed by atoms with Crippen molar-refractivity contribution in [2.75, 3.05) is 0 Å². The molecule has 0 bridgehead atoms. The molecule has 0 unspecified atom stereocenters. The fourth-order valence-electron chi connectivity index (χ4n) is 2.71. The molecule has 2 aromatic carbocycles. The topological polar surface area (TPSA) is 29.5 Å². The quantitative estimate of drug-likeness (QED) is 0.426. The number of aromatic hydroxyl groups is 1. The summed E-state index contributed by atoms with van der Waals surface area (Å²) >= 11 is 0. The molecule has 0 radical (unpaired) electrons. The molecule has 0 heterocycles. The molecule has 0 amide bonds. The van der Waals surface area contributed by atoms with Crippen molar-refractivity contribution in [3.8, 4) is 23.3 Å². The third-order valence-corrected chi connectivity index (χ3v) is 3.82. The highest BCUT2D eigenvalue weighted by molar-refractivity contribution is 5.96. The molecule has 0 aliphatic rings. The first-order valence-electron chi connectivity index (χ1n) is 8.63. The number of fused-ring (bicyclic) bond motifs is 1. The average molecular weight is 322 g/mol. The van der Waals surface area contributed by atoms with Crippen LogP contribution in [0.5, 0.6) is 11.5 Å². The number of hydrogen-bond acceptors (Lipinski definition) is 2. The Hall–Kier alpha value is -2.40. The van der Waals surface area contributed by atoms with Gasteiger partial charge in [-0.15, -0.1) is 6.58 Å². The van der Waals surface area contributed by atoms with Gasteiger partial charge in [0, 0.05) is 17.4 Å². The minimum Gasteiger partial charge on any atom is -0.506 e. The van der Waals surface area contributed by atoms with E-state index in [1.54, 1.807) is 0 Å². The van der Waals surface area contributed by atoms with Gasteiger partial charge in [0.05, 0.1) is 6.10 Å². The predicted octanol–water partition coefficient (Wildman–Crippen LogP) is 5.60. The lowest BCUT2D eigenvalue weighted by molar-refractivity contribution is 0.239. The van der Waals surface area contributed by atoms with E-state index in [1.165, 1.54) is 0 Å². The van der Waals surface area contributed by atoms with Crippen LogP contribution in [0.15, 0.2) is 36.9 Å². The summed E-state index contributed by atoms with van der Waals surface area (Å²) in [6, 6.07) is 7.83. The van der Waals surface area contributed by atoms with Gasteiger partial charge in [-0.05, 0) is 32.1 Å². The highest BCUT2D eigenvalue weighted by atomic mass is 16.5. The summed E-state index contributed by atoms with van der Waals surface area (Å²) in [6.07, 6.45) is 5.52. The Labute approximate surface area is 145 Å². The highest BCUT2D eigenvalue weighted by Crippen LogP contribution is 2.40. The van der Waals surface area contributed by atoms with Gasteiger partial charge < -0.3 is 9.84 Å². The van der Waals surface area contributed by atoms with Crippen molar-refractivity contribution in [1.82, 2.24) is 0 Å². The molecule has 0 aliphatic heterocycles. The molecular formula is C22H26O2. The lowest BCUT2D eigenvalue weighted by Gasteiger charge is -2.19. The second-order valence-corrected chi connectivity index (χ2v) is 6.14. The summed E-state index contributed by atoms with van der Waals surface area (Å²) in [5.41, 5.74) is 1.63. The average Bonchev–Trinajstić information content (AvgIpc) is 2.57. The molecule has 24 heavy (non-hydrogen) atoms. The standard InChI is InChI=1S/C22H26O2/c1-5-7-8-9-15-20-21(23)18-14-11-10-13-17(18)19(12-6-2)22(20)24-16(3)4/h6,10-11,13-14,16,23H,2,5,7-8,12H2,1,3-4H3. The molecule has 126 valence electrons. The van der Waals surface area contributed by atoms with E-state index in [-0.39, 0.29) is 11.9 Å². The van der Waals surface area contributed by atoms with Crippen molar-refractivity contribution in [3.63, 3.8) is 0 Å². The molecule has 0 fully saturated rings. The summed E-state index contributed by atoms with van der Waals surface area (Å²) in [5, 5.41) is 12.6. The number of benzene rings is 2. The fraction of sp³-hybridized carbons (Fsp3) is 0.364. The van der Waals surface area contributed by atoms with E-state index < -0.39 is 0 Å². The molecule has 0 atom stereocenters. The van der Waals surface area contributed by atoms with Crippen LogP contribution < -0.4 is 4.74 Å². The predicted molar refractivity (Wildman–Crippen MR) is 102 cm³/mol. The monoisotopic (exact) mass is 322 g/mol. The first-order chi connectivity index (χ1) is 11.6. The smallest absolute Gasteiger partial charge is 0.143 e. The lowest BCUT2D eigenvalue weighted by atomic mass is 9.95. The van der Waals surface area contributed by atoms with Gasteiger partial charge in [0.15, 0.2) is 0 Å². The van der Waals surface area contributed by atoms with Crippen LogP contribution in [0.25, 0.3) is 10.8 Å². The van der Waals surface area contributed by atoms with E-state index in [4.69, 9.17) is 4.74 Å². The van der Waals surface area contributed by atoms with Gasteiger partial charge in [0.2, 0.25) is 0 Å². The van der Waals surface area contributed by atoms with Crippen LogP contribution in [0.1, 0.15) is 51.2 Å². The third-order valence-electron chi connectivity index (χ3n) is 3.82. The van der Waals surface area contributed by atoms with Crippen LogP contribution in [-0.2, 0) is 6.42 Å². The minimum atomic E-state index is 0.00493. The molecule has 1 N–H and O–H groups in total. The van der Waals surface area contributed by atoms with Gasteiger partial charge in [-0.25, -0.2) is 0 Å². The molecule has 0 aliphatic carbocycles. The largest absolute Gasteiger partial charge is 0.506 e. The van der Waals surface area contributed by atoms with Gasteiger partial charge in [-0.2, -0.15) is 0 Å². The third kappa shape index (κ3) is 3.92. The first-order valence-corrected chi connectivity index (χ1v) is 8.63. The maximum atomic E-state index is 10.8. The number of phenolic OH excluding ortho intramolecular Hbond substituents is 1. The Morgan fingerprint density at radius 3 is 2.58 bits per heavy atom. The molecule has 2 nitrogen and oxygen atoms in total. The van der Waals surface area contributed by atoms with Crippen LogP contribution in [0.2, 0.25) is 0 Å². The lowest BCUT2D eigenvalue weighted by Crippen LogP contribution is -2.09. The summed E-state index contributed by atoms with van der Waals surface area (Å²) < 4.78 is 6.06. The summed E-state index contributed by atoms with van der Waals surface area (Å²) in [6.45, 7) is 9.98. The molecule has 0 saturated heterocycles. The van der Waals surface area contributed by atoms with Crippen molar-refractivity contribution in [2.24, 2.45) is 0 Å². The Bertz CT molecular complexity index is 776. The number of allylic oxidation sites excluding steroid dienone is 1. The van der Waals surface area contributed by atoms with Crippen molar-refractivity contribution < 1.29 is 9.84 Å². The Kier molecular flexibility index (Phi) is 6.32. The zero-order chi connectivity index (χ0) is 17.5. The Balaban J connectivity index is 2.72. The van der Waals surface area contributed by atoms with E-state index in [9.17, 15) is 5.11 Å². The van der Waals surface area contributed by atoms with Gasteiger partial charge in [0.1, 0.15) is 17.1 Å². The normalized spacial score (nSPS) is 10.5. The van der Waals surface area contributed by atoms with E-state index >= 15 is 0 Å². The van der Waals surface area contributed by atoms with Crippen molar-refractivity contribution in [3.05, 3.63) is 48.0 Å². The van der Waals surface area contributed by atoms with Crippen LogP contribution in [0.3, 0.4) is 0 Å². The zero-order valence-electron chi connectivity index (χ0n) is 14.9. The second kappa shape index (κ2) is 8.45. The molecule has 2 aromatic rings. The first kappa shape index (κ1) is 17.9. The maximum absolute atomic E-state index is 10.8. The number of rotatable bonds is 6. The second-order valence-electron chi connectivity index (χ2n) is 6.14. The van der Waals surface area contributed by atoms with Gasteiger partial charge in [0.25, 0.3) is 0 Å². The SMILES string of the molecule is C=CCc1c(OC(C)C)c(C#CCCCC)c(O)c2ccccc12. The minimum absolute atomic E-state index is 0.00493. The number of phenols is 1. The van der Waals surface area contributed by atoms with Crippen LogP contribution in [0.4, 0.5) is 0 Å². The van der Waals surface area contributed by atoms with Crippen LogP contribution in [-0.4, -0.2) is 11.2 Å². The van der Waals surface area contributed by atoms with Crippen molar-refractivity contribution in [1.29, 1.82) is 0 Å². The Morgan fingerprint density at radius 2 is 1.96 bits per heavy atom. The fourth-order valence-corrected chi connectivity index (χ4v) is 2.71. The molecule has 0 aromatic heterocycles. The van der Waals surface area contributed by atoms with Crippen LogP contribution >= 0.6 is 0 Å². The molecule has 2 rings (SSSR count). The van der Waals surface area contributed by atoms with Crippen molar-refractivity contribution in [2.45, 2.75) is 52.6 Å². The molecule has 2 heteroatoms.